The third-order valence-electron chi connectivity index (χ3n) is 4.40. The SMILES string of the molecule is COc1ccccc1OC(C)CNc1ccc(-c2nc(C)c(C)c(=O)[nH]2)cn1. The Morgan fingerprint density at radius 1 is 1.14 bits per heavy atom. The van der Waals surface area contributed by atoms with E-state index in [1.54, 1.807) is 20.2 Å². The minimum absolute atomic E-state index is 0.0875. The molecule has 0 radical (unpaired) electrons. The number of pyridine rings is 1. The second kappa shape index (κ2) is 8.56. The molecule has 2 aromatic heterocycles. The van der Waals surface area contributed by atoms with Crippen molar-refractivity contribution < 1.29 is 9.47 Å². The van der Waals surface area contributed by atoms with Crippen molar-refractivity contribution in [3.05, 3.63) is 64.2 Å². The molecule has 3 rings (SSSR count). The standard InChI is InChI=1S/C21H24N4O3/c1-13(28-18-8-6-5-7-17(18)27-4)11-22-19-10-9-16(12-23-19)20-24-15(3)14(2)21(26)25-20/h5-10,12-13H,11H2,1-4H3,(H,22,23)(H,24,25,26). The van der Waals surface area contributed by atoms with Crippen LogP contribution in [0.4, 0.5) is 5.82 Å². The monoisotopic (exact) mass is 380 g/mol. The summed E-state index contributed by atoms with van der Waals surface area (Å²) >= 11 is 0. The molecule has 146 valence electrons. The van der Waals surface area contributed by atoms with Crippen LogP contribution >= 0.6 is 0 Å². The summed E-state index contributed by atoms with van der Waals surface area (Å²) in [4.78, 5) is 23.5. The molecule has 1 unspecified atom stereocenters. The molecule has 1 aromatic carbocycles. The maximum atomic E-state index is 11.9. The first-order chi connectivity index (χ1) is 13.5. The van der Waals surface area contributed by atoms with Crippen molar-refractivity contribution in [2.45, 2.75) is 26.9 Å². The summed E-state index contributed by atoms with van der Waals surface area (Å²) in [6.07, 6.45) is 1.59. The second-order valence-electron chi connectivity index (χ2n) is 6.52. The average Bonchev–Trinajstić information content (AvgIpc) is 2.71. The Balaban J connectivity index is 1.62. The highest BCUT2D eigenvalue weighted by Crippen LogP contribution is 2.26. The van der Waals surface area contributed by atoms with Crippen molar-refractivity contribution >= 4 is 5.82 Å². The van der Waals surface area contributed by atoms with Gasteiger partial charge in [-0.2, -0.15) is 0 Å². The average molecular weight is 380 g/mol. The first-order valence-electron chi connectivity index (χ1n) is 9.05. The lowest BCUT2D eigenvalue weighted by Crippen LogP contribution is -2.23. The molecular formula is C21H24N4O3. The van der Waals surface area contributed by atoms with Crippen LogP contribution in [-0.2, 0) is 0 Å². The molecule has 2 N–H and O–H groups in total. The fourth-order valence-electron chi connectivity index (χ4n) is 2.64. The number of hydrogen-bond acceptors (Lipinski definition) is 6. The van der Waals surface area contributed by atoms with Gasteiger partial charge in [0.2, 0.25) is 0 Å². The zero-order valence-electron chi connectivity index (χ0n) is 16.4. The second-order valence-corrected chi connectivity index (χ2v) is 6.52. The first kappa shape index (κ1) is 19.4. The maximum Gasteiger partial charge on any atom is 0.254 e. The van der Waals surface area contributed by atoms with Gasteiger partial charge in [-0.25, -0.2) is 9.97 Å². The molecule has 3 aromatic rings. The van der Waals surface area contributed by atoms with Crippen molar-refractivity contribution in [1.82, 2.24) is 15.0 Å². The molecule has 7 heteroatoms. The van der Waals surface area contributed by atoms with Crippen LogP contribution in [-0.4, -0.2) is 34.7 Å². The highest BCUT2D eigenvalue weighted by atomic mass is 16.5. The van der Waals surface area contributed by atoms with Crippen LogP contribution in [0.5, 0.6) is 11.5 Å². The predicted octanol–water partition coefficient (Wildman–Crippen LogP) is 3.34. The van der Waals surface area contributed by atoms with Gasteiger partial charge in [-0.05, 0) is 45.0 Å². The zero-order chi connectivity index (χ0) is 20.1. The van der Waals surface area contributed by atoms with Crippen LogP contribution in [0.1, 0.15) is 18.2 Å². The molecule has 28 heavy (non-hydrogen) atoms. The van der Waals surface area contributed by atoms with Crippen LogP contribution in [0.15, 0.2) is 47.4 Å². The molecule has 0 aliphatic heterocycles. The lowest BCUT2D eigenvalue weighted by molar-refractivity contribution is 0.223. The number of rotatable bonds is 7. The molecule has 0 aliphatic rings. The Morgan fingerprint density at radius 2 is 1.89 bits per heavy atom. The first-order valence-corrected chi connectivity index (χ1v) is 9.05. The smallest absolute Gasteiger partial charge is 0.254 e. The number of methoxy groups -OCH3 is 1. The Morgan fingerprint density at radius 3 is 2.54 bits per heavy atom. The number of nitrogens with zero attached hydrogens (tertiary/aromatic N) is 2. The third kappa shape index (κ3) is 4.49. The third-order valence-corrected chi connectivity index (χ3v) is 4.40. The van der Waals surface area contributed by atoms with Crippen molar-refractivity contribution in [3.63, 3.8) is 0 Å². The molecule has 0 bridgehead atoms. The topological polar surface area (TPSA) is 89.1 Å². The minimum Gasteiger partial charge on any atom is -0.493 e. The number of ether oxygens (including phenoxy) is 2. The van der Waals surface area contributed by atoms with Gasteiger partial charge in [0.15, 0.2) is 11.5 Å². The lowest BCUT2D eigenvalue weighted by Gasteiger charge is -2.17. The Labute approximate surface area is 163 Å². The number of nitrogens with one attached hydrogen (secondary N) is 2. The van der Waals surface area contributed by atoms with E-state index in [-0.39, 0.29) is 11.7 Å². The van der Waals surface area contributed by atoms with Gasteiger partial charge in [0.05, 0.1) is 13.7 Å². The molecule has 0 aliphatic carbocycles. The molecule has 0 saturated heterocycles. The van der Waals surface area contributed by atoms with E-state index in [1.807, 2.05) is 50.2 Å². The quantitative estimate of drug-likeness (QED) is 0.653. The molecule has 7 nitrogen and oxygen atoms in total. The van der Waals surface area contributed by atoms with Crippen molar-refractivity contribution in [2.24, 2.45) is 0 Å². The summed E-state index contributed by atoms with van der Waals surface area (Å²) in [7, 11) is 1.62. The number of hydrogen-bond donors (Lipinski definition) is 2. The largest absolute Gasteiger partial charge is 0.493 e. The van der Waals surface area contributed by atoms with Gasteiger partial charge in [-0.15, -0.1) is 0 Å². The van der Waals surface area contributed by atoms with Gasteiger partial charge in [0.25, 0.3) is 5.56 Å². The van der Waals surface area contributed by atoms with Gasteiger partial charge in [-0.3, -0.25) is 4.79 Å². The Bertz CT molecular complexity index is 999. The van der Waals surface area contributed by atoms with E-state index in [1.165, 1.54) is 0 Å². The number of aryl methyl sites for hydroxylation is 1. The fraction of sp³-hybridized carbons (Fsp3) is 0.286. The van der Waals surface area contributed by atoms with Crippen molar-refractivity contribution in [3.8, 4) is 22.9 Å². The van der Waals surface area contributed by atoms with Gasteiger partial charge in [-0.1, -0.05) is 12.1 Å². The van der Waals surface area contributed by atoms with Crippen LogP contribution in [0, 0.1) is 13.8 Å². The summed E-state index contributed by atoms with van der Waals surface area (Å²) in [6.45, 7) is 6.12. The summed E-state index contributed by atoms with van der Waals surface area (Å²) in [5, 5.41) is 3.24. The molecule has 0 fully saturated rings. The highest BCUT2D eigenvalue weighted by Gasteiger charge is 2.10. The van der Waals surface area contributed by atoms with E-state index in [0.717, 1.165) is 5.56 Å². The van der Waals surface area contributed by atoms with Crippen molar-refractivity contribution in [2.75, 3.05) is 19.0 Å². The molecule has 0 saturated carbocycles. The summed E-state index contributed by atoms with van der Waals surface area (Å²) in [6, 6.07) is 11.3. The van der Waals surface area contributed by atoms with Gasteiger partial charge in [0.1, 0.15) is 17.7 Å². The summed E-state index contributed by atoms with van der Waals surface area (Å²) in [5.74, 6) is 2.63. The van der Waals surface area contributed by atoms with E-state index < -0.39 is 0 Å². The molecule has 1 atom stereocenters. The number of aromatic amines is 1. The number of para-hydroxylation sites is 2. The van der Waals surface area contributed by atoms with E-state index >= 15 is 0 Å². The summed E-state index contributed by atoms with van der Waals surface area (Å²) in [5.41, 5.74) is 1.96. The van der Waals surface area contributed by atoms with Crippen LogP contribution in [0.25, 0.3) is 11.4 Å². The molecule has 0 spiro atoms. The van der Waals surface area contributed by atoms with E-state index in [9.17, 15) is 4.79 Å². The predicted molar refractivity (Wildman–Crippen MR) is 109 cm³/mol. The number of anilines is 1. The minimum atomic E-state index is -0.132. The molecular weight excluding hydrogens is 356 g/mol. The maximum absolute atomic E-state index is 11.9. The van der Waals surface area contributed by atoms with E-state index in [0.29, 0.717) is 40.9 Å². The zero-order valence-corrected chi connectivity index (χ0v) is 16.4. The Kier molecular flexibility index (Phi) is 5.93. The molecule has 2 heterocycles. The number of aromatic nitrogens is 3. The van der Waals surface area contributed by atoms with Crippen LogP contribution in [0.2, 0.25) is 0 Å². The van der Waals surface area contributed by atoms with Crippen LogP contribution in [0.3, 0.4) is 0 Å². The lowest BCUT2D eigenvalue weighted by atomic mass is 10.2. The highest BCUT2D eigenvalue weighted by molar-refractivity contribution is 5.56. The Hall–Kier alpha value is -3.35. The van der Waals surface area contributed by atoms with Gasteiger partial charge in [0, 0.05) is 23.0 Å². The van der Waals surface area contributed by atoms with Crippen molar-refractivity contribution in [1.29, 1.82) is 0 Å². The number of H-pyrrole nitrogens is 1. The number of benzene rings is 1. The molecule has 0 amide bonds. The normalized spacial score (nSPS) is 11.7. The van der Waals surface area contributed by atoms with E-state index in [4.69, 9.17) is 9.47 Å². The van der Waals surface area contributed by atoms with Gasteiger partial charge >= 0.3 is 0 Å². The fourth-order valence-corrected chi connectivity index (χ4v) is 2.64. The van der Waals surface area contributed by atoms with Crippen LogP contribution < -0.4 is 20.3 Å². The van der Waals surface area contributed by atoms with E-state index in [2.05, 4.69) is 20.3 Å². The van der Waals surface area contributed by atoms with Gasteiger partial charge < -0.3 is 19.8 Å². The summed E-state index contributed by atoms with van der Waals surface area (Å²) < 4.78 is 11.2.